The van der Waals surface area contributed by atoms with Gasteiger partial charge in [0.2, 0.25) is 0 Å². The van der Waals surface area contributed by atoms with Gasteiger partial charge in [-0.2, -0.15) is 0 Å². The standard InChI is InChI=1S/C16H28N2O/c1-4-17-16(14-19,12-13-18(5-2)6-3)15-10-8-7-9-11-15/h7-11,17,19H,4-6,12-14H2,1-3H3. The van der Waals surface area contributed by atoms with Gasteiger partial charge in [0.1, 0.15) is 0 Å². The second-order valence-electron chi connectivity index (χ2n) is 4.91. The third-order valence-electron chi connectivity index (χ3n) is 3.86. The molecule has 0 aliphatic carbocycles. The fourth-order valence-corrected chi connectivity index (χ4v) is 2.55. The first-order chi connectivity index (χ1) is 9.22. The Bertz CT molecular complexity index is 338. The Hall–Kier alpha value is -0.900. The van der Waals surface area contributed by atoms with Crippen molar-refractivity contribution >= 4 is 0 Å². The molecule has 0 aromatic heterocycles. The van der Waals surface area contributed by atoms with E-state index in [1.54, 1.807) is 0 Å². The molecule has 1 rings (SSSR count). The van der Waals surface area contributed by atoms with Gasteiger partial charge in [0.25, 0.3) is 0 Å². The highest BCUT2D eigenvalue weighted by Crippen LogP contribution is 2.25. The van der Waals surface area contributed by atoms with Gasteiger partial charge in [-0.15, -0.1) is 0 Å². The van der Waals surface area contributed by atoms with E-state index in [0.29, 0.717) is 0 Å². The Morgan fingerprint density at radius 3 is 2.21 bits per heavy atom. The second-order valence-corrected chi connectivity index (χ2v) is 4.91. The minimum atomic E-state index is -0.321. The minimum absolute atomic E-state index is 0.131. The Morgan fingerprint density at radius 2 is 1.74 bits per heavy atom. The zero-order chi connectivity index (χ0) is 14.1. The summed E-state index contributed by atoms with van der Waals surface area (Å²) in [5, 5.41) is 13.4. The lowest BCUT2D eigenvalue weighted by Crippen LogP contribution is -2.47. The molecule has 3 nitrogen and oxygen atoms in total. The number of likely N-dealkylation sites (N-methyl/N-ethyl adjacent to an activating group) is 1. The predicted octanol–water partition coefficient (Wildman–Crippen LogP) is 2.22. The highest BCUT2D eigenvalue weighted by Gasteiger charge is 2.30. The van der Waals surface area contributed by atoms with E-state index in [4.69, 9.17) is 0 Å². The van der Waals surface area contributed by atoms with Crippen molar-refractivity contribution in [3.63, 3.8) is 0 Å². The Kier molecular flexibility index (Phi) is 7.06. The Morgan fingerprint density at radius 1 is 1.11 bits per heavy atom. The smallest absolute Gasteiger partial charge is 0.0681 e. The molecule has 0 aliphatic rings. The molecule has 1 atom stereocenters. The van der Waals surface area contributed by atoms with E-state index in [9.17, 15) is 5.11 Å². The molecule has 0 radical (unpaired) electrons. The van der Waals surface area contributed by atoms with E-state index in [1.807, 2.05) is 18.2 Å². The van der Waals surface area contributed by atoms with Crippen LogP contribution in [0.1, 0.15) is 32.8 Å². The van der Waals surface area contributed by atoms with Crippen molar-refractivity contribution in [1.29, 1.82) is 0 Å². The predicted molar refractivity (Wildman–Crippen MR) is 81.3 cm³/mol. The first-order valence-corrected chi connectivity index (χ1v) is 7.36. The topological polar surface area (TPSA) is 35.5 Å². The minimum Gasteiger partial charge on any atom is -0.394 e. The van der Waals surface area contributed by atoms with Gasteiger partial charge >= 0.3 is 0 Å². The van der Waals surface area contributed by atoms with Gasteiger partial charge in [0.05, 0.1) is 12.1 Å². The van der Waals surface area contributed by atoms with Gasteiger partial charge in [-0.05, 0) is 31.6 Å². The molecule has 19 heavy (non-hydrogen) atoms. The lowest BCUT2D eigenvalue weighted by atomic mass is 9.87. The number of aliphatic hydroxyl groups excluding tert-OH is 1. The van der Waals surface area contributed by atoms with Crippen LogP contribution in [-0.2, 0) is 5.54 Å². The summed E-state index contributed by atoms with van der Waals surface area (Å²) in [4.78, 5) is 2.39. The number of nitrogens with one attached hydrogen (secondary N) is 1. The third-order valence-corrected chi connectivity index (χ3v) is 3.86. The molecule has 1 unspecified atom stereocenters. The van der Waals surface area contributed by atoms with Crippen molar-refractivity contribution in [2.75, 3.05) is 32.8 Å². The molecule has 0 saturated heterocycles. The lowest BCUT2D eigenvalue weighted by Gasteiger charge is -2.35. The van der Waals surface area contributed by atoms with Crippen LogP contribution in [0.5, 0.6) is 0 Å². The summed E-state index contributed by atoms with van der Waals surface area (Å²) in [6.45, 7) is 10.5. The van der Waals surface area contributed by atoms with E-state index in [1.165, 1.54) is 5.56 Å². The first kappa shape index (κ1) is 16.2. The third kappa shape index (κ3) is 4.30. The van der Waals surface area contributed by atoms with Gasteiger partial charge in [0.15, 0.2) is 0 Å². The van der Waals surface area contributed by atoms with E-state index >= 15 is 0 Å². The zero-order valence-electron chi connectivity index (χ0n) is 12.5. The number of rotatable bonds is 9. The van der Waals surface area contributed by atoms with Gasteiger partial charge in [-0.3, -0.25) is 0 Å². The second kappa shape index (κ2) is 8.31. The molecule has 0 fully saturated rings. The molecule has 1 aromatic carbocycles. The van der Waals surface area contributed by atoms with Gasteiger partial charge in [-0.25, -0.2) is 0 Å². The molecule has 0 amide bonds. The Labute approximate surface area is 117 Å². The fourth-order valence-electron chi connectivity index (χ4n) is 2.55. The number of hydrogen-bond acceptors (Lipinski definition) is 3. The summed E-state index contributed by atoms with van der Waals surface area (Å²) in [5.74, 6) is 0. The van der Waals surface area contributed by atoms with Crippen molar-refractivity contribution in [2.24, 2.45) is 0 Å². The quantitative estimate of drug-likeness (QED) is 0.718. The molecule has 2 N–H and O–H groups in total. The summed E-state index contributed by atoms with van der Waals surface area (Å²) in [5.41, 5.74) is 0.852. The van der Waals surface area contributed by atoms with Crippen molar-refractivity contribution in [1.82, 2.24) is 10.2 Å². The number of aliphatic hydroxyl groups is 1. The van der Waals surface area contributed by atoms with Crippen LogP contribution in [0.4, 0.5) is 0 Å². The van der Waals surface area contributed by atoms with Gasteiger partial charge in [-0.1, -0.05) is 51.1 Å². The van der Waals surface area contributed by atoms with Crippen molar-refractivity contribution in [2.45, 2.75) is 32.7 Å². The SMILES string of the molecule is CCNC(CO)(CCN(CC)CC)c1ccccc1. The zero-order valence-corrected chi connectivity index (χ0v) is 12.5. The molecular formula is C16H28N2O. The highest BCUT2D eigenvalue weighted by atomic mass is 16.3. The summed E-state index contributed by atoms with van der Waals surface area (Å²) in [6, 6.07) is 10.3. The van der Waals surface area contributed by atoms with Crippen LogP contribution in [0, 0.1) is 0 Å². The highest BCUT2D eigenvalue weighted by molar-refractivity contribution is 5.24. The van der Waals surface area contributed by atoms with E-state index in [0.717, 1.165) is 32.6 Å². The Balaban J connectivity index is 2.86. The maximum Gasteiger partial charge on any atom is 0.0681 e. The number of benzene rings is 1. The van der Waals surface area contributed by atoms with Crippen molar-refractivity contribution in [3.05, 3.63) is 35.9 Å². The van der Waals surface area contributed by atoms with Crippen LogP contribution in [0.25, 0.3) is 0 Å². The van der Waals surface area contributed by atoms with Crippen LogP contribution in [-0.4, -0.2) is 42.8 Å². The van der Waals surface area contributed by atoms with E-state index in [2.05, 4.69) is 43.1 Å². The number of hydrogen-bond donors (Lipinski definition) is 2. The maximum atomic E-state index is 9.94. The largest absolute Gasteiger partial charge is 0.394 e. The molecule has 0 bridgehead atoms. The van der Waals surface area contributed by atoms with Crippen molar-refractivity contribution < 1.29 is 5.11 Å². The fraction of sp³-hybridized carbons (Fsp3) is 0.625. The van der Waals surface area contributed by atoms with Crippen LogP contribution < -0.4 is 5.32 Å². The maximum absolute atomic E-state index is 9.94. The molecule has 0 aliphatic heterocycles. The molecular weight excluding hydrogens is 236 g/mol. The summed E-state index contributed by atoms with van der Waals surface area (Å²) in [7, 11) is 0. The summed E-state index contributed by atoms with van der Waals surface area (Å²) < 4.78 is 0. The first-order valence-electron chi connectivity index (χ1n) is 7.36. The van der Waals surface area contributed by atoms with Gasteiger partial charge in [0, 0.05) is 6.54 Å². The van der Waals surface area contributed by atoms with Crippen LogP contribution in [0.3, 0.4) is 0 Å². The van der Waals surface area contributed by atoms with Crippen LogP contribution >= 0.6 is 0 Å². The van der Waals surface area contributed by atoms with Gasteiger partial charge < -0.3 is 15.3 Å². The normalized spacial score (nSPS) is 14.6. The average Bonchev–Trinajstić information content (AvgIpc) is 2.48. The van der Waals surface area contributed by atoms with E-state index < -0.39 is 0 Å². The lowest BCUT2D eigenvalue weighted by molar-refractivity contribution is 0.135. The van der Waals surface area contributed by atoms with E-state index in [-0.39, 0.29) is 12.1 Å². The van der Waals surface area contributed by atoms with Crippen molar-refractivity contribution in [3.8, 4) is 0 Å². The summed E-state index contributed by atoms with van der Waals surface area (Å²) >= 11 is 0. The van der Waals surface area contributed by atoms with Crippen LogP contribution in [0.2, 0.25) is 0 Å². The molecule has 0 heterocycles. The molecule has 0 saturated carbocycles. The van der Waals surface area contributed by atoms with Crippen LogP contribution in [0.15, 0.2) is 30.3 Å². The summed E-state index contributed by atoms with van der Waals surface area (Å²) in [6.07, 6.45) is 0.920. The molecule has 3 heteroatoms. The molecule has 108 valence electrons. The molecule has 0 spiro atoms. The average molecular weight is 264 g/mol. The monoisotopic (exact) mass is 264 g/mol. The number of nitrogens with zero attached hydrogens (tertiary/aromatic N) is 1. The molecule has 1 aromatic rings.